The van der Waals surface area contributed by atoms with Crippen LogP contribution < -0.4 is 0 Å². The van der Waals surface area contributed by atoms with Crippen LogP contribution in [-0.4, -0.2) is 33.9 Å². The van der Waals surface area contributed by atoms with Crippen molar-refractivity contribution in [2.45, 2.75) is 51.2 Å². The lowest BCUT2D eigenvalue weighted by atomic mass is 10.1. The number of ether oxygens (including phenoxy) is 1. The van der Waals surface area contributed by atoms with E-state index in [-0.39, 0.29) is 6.42 Å². The maximum Gasteiger partial charge on any atom is 0.332 e. The highest BCUT2D eigenvalue weighted by Crippen LogP contribution is 2.13. The first kappa shape index (κ1) is 14.4. The molecule has 0 aliphatic rings. The van der Waals surface area contributed by atoms with E-state index in [4.69, 9.17) is 21.4 Å². The largest absolute Gasteiger partial charge is 0.459 e. The number of Topliss-reactive ketones (excluding diaryl/α,β-unsaturated/α-hetero) is 1. The van der Waals surface area contributed by atoms with Crippen molar-refractivity contribution < 1.29 is 19.4 Å². The minimum Gasteiger partial charge on any atom is -0.459 e. The molecule has 0 aromatic heterocycles. The second-order valence-electron chi connectivity index (χ2n) is 4.42. The molecule has 0 aliphatic heterocycles. The quantitative estimate of drug-likeness (QED) is 0.454. The average molecular weight is 237 g/mol. The number of aliphatic hydroxyl groups is 1. The minimum atomic E-state index is -1.33. The van der Waals surface area contributed by atoms with E-state index in [1.165, 1.54) is 6.92 Å². The molecule has 0 rings (SSSR count). The zero-order chi connectivity index (χ0) is 12.2. The van der Waals surface area contributed by atoms with Crippen LogP contribution in [0.15, 0.2) is 0 Å². The summed E-state index contributed by atoms with van der Waals surface area (Å²) in [5.41, 5.74) is -0.671. The van der Waals surface area contributed by atoms with E-state index in [0.717, 1.165) is 0 Å². The Morgan fingerprint density at radius 1 is 1.40 bits per heavy atom. The molecule has 0 heterocycles. The molecule has 0 spiro atoms. The van der Waals surface area contributed by atoms with Crippen LogP contribution in [0.4, 0.5) is 0 Å². The number of hydrogen-bond donors (Lipinski definition) is 1. The molecule has 0 aliphatic carbocycles. The van der Waals surface area contributed by atoms with Gasteiger partial charge in [-0.15, -0.1) is 11.6 Å². The predicted molar refractivity (Wildman–Crippen MR) is 56.8 cm³/mol. The molecule has 0 radical (unpaired) electrons. The molecule has 88 valence electrons. The van der Waals surface area contributed by atoms with Crippen molar-refractivity contribution in [3.63, 3.8) is 0 Å². The zero-order valence-corrected chi connectivity index (χ0v) is 10.2. The summed E-state index contributed by atoms with van der Waals surface area (Å²) in [5, 5.41) is 7.62. The van der Waals surface area contributed by atoms with Crippen LogP contribution in [0.3, 0.4) is 0 Å². The summed E-state index contributed by atoms with van der Waals surface area (Å²) in [7, 11) is 0. The highest BCUT2D eigenvalue weighted by atomic mass is 35.5. The Bertz CT molecular complexity index is 242. The molecule has 5 heteroatoms. The molecule has 0 saturated carbocycles. The van der Waals surface area contributed by atoms with Gasteiger partial charge in [0, 0.05) is 6.42 Å². The Labute approximate surface area is 94.6 Å². The van der Waals surface area contributed by atoms with Gasteiger partial charge in [-0.25, -0.2) is 4.79 Å². The summed E-state index contributed by atoms with van der Waals surface area (Å²) in [6, 6.07) is 0. The molecule has 1 N–H and O–H groups in total. The maximum atomic E-state index is 11.3. The topological polar surface area (TPSA) is 63.6 Å². The Balaban J connectivity index is 4.26. The number of ketones is 1. The van der Waals surface area contributed by atoms with Crippen molar-refractivity contribution in [3.05, 3.63) is 0 Å². The summed E-state index contributed by atoms with van der Waals surface area (Å²) >= 11 is 5.60. The number of halogens is 1. The minimum absolute atomic E-state index is 0.145. The van der Waals surface area contributed by atoms with Gasteiger partial charge in [0.2, 0.25) is 0 Å². The van der Waals surface area contributed by atoms with Crippen molar-refractivity contribution in [1.29, 1.82) is 0 Å². The number of rotatable bonds is 4. The van der Waals surface area contributed by atoms with Gasteiger partial charge in [0.15, 0.2) is 11.2 Å². The van der Waals surface area contributed by atoms with Crippen LogP contribution in [-0.2, 0) is 14.3 Å². The Morgan fingerprint density at radius 2 is 1.87 bits per heavy atom. The fourth-order valence-corrected chi connectivity index (χ4v) is 1.01. The Kier molecular flexibility index (Phi) is 5.24. The Morgan fingerprint density at radius 3 is 2.20 bits per heavy atom. The maximum absolute atomic E-state index is 11.3. The predicted octanol–water partition coefficient (Wildman–Crippen LogP) is 1.28. The SMILES string of the molecule is CC(O)CC(=O)C(Cl)C(=O)OC(C)(C)C. The fraction of sp³-hybridized carbons (Fsp3) is 0.800. The zero-order valence-electron chi connectivity index (χ0n) is 9.41. The summed E-state index contributed by atoms with van der Waals surface area (Å²) in [6.45, 7) is 6.52. The lowest BCUT2D eigenvalue weighted by Gasteiger charge is -2.21. The number of carbonyl (C=O) groups is 2. The van der Waals surface area contributed by atoms with Crippen LogP contribution in [0.1, 0.15) is 34.1 Å². The van der Waals surface area contributed by atoms with Gasteiger partial charge >= 0.3 is 5.97 Å². The van der Waals surface area contributed by atoms with Gasteiger partial charge in [-0.3, -0.25) is 4.79 Å². The van der Waals surface area contributed by atoms with Crippen LogP contribution >= 0.6 is 11.6 Å². The van der Waals surface area contributed by atoms with E-state index in [9.17, 15) is 9.59 Å². The highest BCUT2D eigenvalue weighted by Gasteiger charge is 2.29. The lowest BCUT2D eigenvalue weighted by molar-refractivity contribution is -0.155. The van der Waals surface area contributed by atoms with E-state index in [0.29, 0.717) is 0 Å². The van der Waals surface area contributed by atoms with Gasteiger partial charge in [0.25, 0.3) is 0 Å². The first-order chi connectivity index (χ1) is 6.63. The van der Waals surface area contributed by atoms with Crippen LogP contribution in [0.2, 0.25) is 0 Å². The molecule has 0 amide bonds. The van der Waals surface area contributed by atoms with E-state index in [1.54, 1.807) is 20.8 Å². The number of carbonyl (C=O) groups excluding carboxylic acids is 2. The standard InChI is InChI=1S/C10H17ClO4/c1-6(12)5-7(13)8(11)9(14)15-10(2,3)4/h6,8,12H,5H2,1-4H3. The number of alkyl halides is 1. The number of aliphatic hydroxyl groups excluding tert-OH is 1. The third kappa shape index (κ3) is 6.47. The van der Waals surface area contributed by atoms with Crippen LogP contribution in [0.5, 0.6) is 0 Å². The summed E-state index contributed by atoms with van der Waals surface area (Å²) in [5.74, 6) is -1.30. The third-order valence-corrected chi connectivity index (χ3v) is 1.81. The Hall–Kier alpha value is -0.610. The van der Waals surface area contributed by atoms with Crippen molar-refractivity contribution in [1.82, 2.24) is 0 Å². The molecule has 2 atom stereocenters. The van der Waals surface area contributed by atoms with Gasteiger partial charge in [-0.2, -0.15) is 0 Å². The third-order valence-electron chi connectivity index (χ3n) is 1.39. The lowest BCUT2D eigenvalue weighted by Crippen LogP contribution is -2.34. The van der Waals surface area contributed by atoms with E-state index >= 15 is 0 Å². The van der Waals surface area contributed by atoms with Gasteiger partial charge in [-0.1, -0.05) is 0 Å². The van der Waals surface area contributed by atoms with E-state index in [2.05, 4.69) is 0 Å². The van der Waals surface area contributed by atoms with Crippen LogP contribution in [0, 0.1) is 0 Å². The molecule has 0 saturated heterocycles. The van der Waals surface area contributed by atoms with E-state index < -0.39 is 28.8 Å². The first-order valence-electron chi connectivity index (χ1n) is 4.71. The molecule has 0 aromatic rings. The molecule has 0 bridgehead atoms. The molecule has 0 fully saturated rings. The van der Waals surface area contributed by atoms with Gasteiger partial charge in [0.05, 0.1) is 6.10 Å². The molecule has 0 aromatic carbocycles. The number of hydrogen-bond acceptors (Lipinski definition) is 4. The second kappa shape index (κ2) is 5.47. The van der Waals surface area contributed by atoms with Crippen molar-refractivity contribution in [2.75, 3.05) is 0 Å². The van der Waals surface area contributed by atoms with Gasteiger partial charge in [0.1, 0.15) is 5.60 Å². The second-order valence-corrected chi connectivity index (χ2v) is 4.85. The molecule has 2 unspecified atom stereocenters. The average Bonchev–Trinajstić information content (AvgIpc) is 1.98. The van der Waals surface area contributed by atoms with Gasteiger partial charge in [-0.05, 0) is 27.7 Å². The van der Waals surface area contributed by atoms with Crippen molar-refractivity contribution in [3.8, 4) is 0 Å². The van der Waals surface area contributed by atoms with Gasteiger partial charge < -0.3 is 9.84 Å². The summed E-state index contributed by atoms with van der Waals surface area (Å²) < 4.78 is 4.93. The summed E-state index contributed by atoms with van der Waals surface area (Å²) in [6.07, 6.45) is -0.950. The normalized spacial score (nSPS) is 15.6. The smallest absolute Gasteiger partial charge is 0.332 e. The highest BCUT2D eigenvalue weighted by molar-refractivity contribution is 6.41. The van der Waals surface area contributed by atoms with Crippen LogP contribution in [0.25, 0.3) is 0 Å². The number of esters is 1. The van der Waals surface area contributed by atoms with Crippen molar-refractivity contribution >= 4 is 23.4 Å². The molecule has 4 nitrogen and oxygen atoms in total. The fourth-order valence-electron chi connectivity index (χ4n) is 0.880. The summed E-state index contributed by atoms with van der Waals surface area (Å²) in [4.78, 5) is 22.6. The molecule has 15 heavy (non-hydrogen) atoms. The van der Waals surface area contributed by atoms with E-state index in [1.807, 2.05) is 0 Å². The monoisotopic (exact) mass is 236 g/mol. The first-order valence-corrected chi connectivity index (χ1v) is 5.15. The molecular weight excluding hydrogens is 220 g/mol. The molecular formula is C10H17ClO4. The van der Waals surface area contributed by atoms with Crippen molar-refractivity contribution in [2.24, 2.45) is 0 Å².